The number of nitrogens with zero attached hydrogens (tertiary/aromatic N) is 5. The van der Waals surface area contributed by atoms with Crippen LogP contribution in [0.3, 0.4) is 0 Å². The summed E-state index contributed by atoms with van der Waals surface area (Å²) in [7, 11) is 0. The number of pyridine rings is 1. The molecule has 194 valence electrons. The van der Waals surface area contributed by atoms with Crippen molar-refractivity contribution >= 4 is 23.0 Å². The highest BCUT2D eigenvalue weighted by Crippen LogP contribution is 2.36. The Morgan fingerprint density at radius 1 is 1.16 bits per heavy atom. The topological polar surface area (TPSA) is 106 Å². The second kappa shape index (κ2) is 10.5. The van der Waals surface area contributed by atoms with Crippen molar-refractivity contribution in [2.45, 2.75) is 84.2 Å². The molecule has 1 unspecified atom stereocenters. The zero-order chi connectivity index (χ0) is 26.1. The number of rotatable bonds is 8. The first-order valence-corrected chi connectivity index (χ1v) is 13.5. The molecule has 0 saturated heterocycles. The number of anilines is 1. The summed E-state index contributed by atoms with van der Waals surface area (Å²) in [6, 6.07) is 4.28. The van der Waals surface area contributed by atoms with Gasteiger partial charge < -0.3 is 15.0 Å². The van der Waals surface area contributed by atoms with Gasteiger partial charge in [0.1, 0.15) is 11.2 Å². The van der Waals surface area contributed by atoms with Crippen molar-refractivity contribution in [1.82, 2.24) is 24.5 Å². The van der Waals surface area contributed by atoms with Crippen molar-refractivity contribution < 1.29 is 9.90 Å². The SMILES string of the molecule is C#CC1CCC(Cn2c(-c3cc(C(C)C)ccn3)nc3nc(C(=O)O)nc(NC(C)C4CCC4)c32)CC1. The second-order valence-electron chi connectivity index (χ2n) is 11.1. The Morgan fingerprint density at radius 3 is 2.54 bits per heavy atom. The van der Waals surface area contributed by atoms with Crippen molar-refractivity contribution in [1.29, 1.82) is 0 Å². The fourth-order valence-corrected chi connectivity index (χ4v) is 5.58. The van der Waals surface area contributed by atoms with Crippen LogP contribution in [-0.2, 0) is 6.54 Å². The summed E-state index contributed by atoms with van der Waals surface area (Å²) >= 11 is 0. The van der Waals surface area contributed by atoms with Crippen molar-refractivity contribution in [2.75, 3.05) is 5.32 Å². The first-order valence-electron chi connectivity index (χ1n) is 13.5. The molecule has 37 heavy (non-hydrogen) atoms. The third-order valence-electron chi connectivity index (χ3n) is 8.22. The van der Waals surface area contributed by atoms with E-state index in [0.29, 0.717) is 41.0 Å². The lowest BCUT2D eigenvalue weighted by molar-refractivity contribution is 0.0684. The van der Waals surface area contributed by atoms with Crippen LogP contribution >= 0.6 is 0 Å². The minimum atomic E-state index is -1.16. The van der Waals surface area contributed by atoms with Gasteiger partial charge in [0.2, 0.25) is 5.82 Å². The Bertz CT molecular complexity index is 1330. The first kappa shape index (κ1) is 25.2. The van der Waals surface area contributed by atoms with E-state index in [1.54, 1.807) is 0 Å². The fraction of sp³-hybridized carbons (Fsp3) is 0.552. The molecule has 2 N–H and O–H groups in total. The molecular formula is C29H36N6O2. The van der Waals surface area contributed by atoms with Gasteiger partial charge in [-0.1, -0.05) is 20.3 Å². The molecule has 1 atom stereocenters. The van der Waals surface area contributed by atoms with Crippen LogP contribution in [-0.4, -0.2) is 41.6 Å². The van der Waals surface area contributed by atoms with E-state index in [4.69, 9.17) is 11.4 Å². The summed E-state index contributed by atoms with van der Waals surface area (Å²) in [6.45, 7) is 7.19. The average molecular weight is 501 g/mol. The van der Waals surface area contributed by atoms with E-state index in [1.165, 1.54) is 24.8 Å². The monoisotopic (exact) mass is 500 g/mol. The molecule has 2 aliphatic carbocycles. The molecule has 2 fully saturated rings. The number of carbonyl (C=O) groups is 1. The summed E-state index contributed by atoms with van der Waals surface area (Å²) < 4.78 is 2.17. The maximum atomic E-state index is 11.9. The molecule has 0 aliphatic heterocycles. The Morgan fingerprint density at radius 2 is 1.92 bits per heavy atom. The minimum absolute atomic E-state index is 0.175. The molecule has 8 heteroatoms. The molecule has 2 saturated carbocycles. The highest BCUT2D eigenvalue weighted by atomic mass is 16.4. The van der Waals surface area contributed by atoms with Crippen LogP contribution in [0.2, 0.25) is 0 Å². The quantitative estimate of drug-likeness (QED) is 0.379. The molecule has 0 radical (unpaired) electrons. The van der Waals surface area contributed by atoms with E-state index in [2.05, 4.69) is 57.6 Å². The van der Waals surface area contributed by atoms with Crippen LogP contribution in [0.4, 0.5) is 5.82 Å². The third-order valence-corrected chi connectivity index (χ3v) is 8.22. The van der Waals surface area contributed by atoms with Crippen LogP contribution in [0.5, 0.6) is 0 Å². The lowest BCUT2D eigenvalue weighted by Crippen LogP contribution is -2.31. The number of fused-ring (bicyclic) bond motifs is 1. The molecule has 3 heterocycles. The number of aromatic carboxylic acids is 1. The second-order valence-corrected chi connectivity index (χ2v) is 11.1. The molecule has 0 aromatic carbocycles. The molecule has 5 rings (SSSR count). The molecule has 2 aliphatic rings. The van der Waals surface area contributed by atoms with Crippen molar-refractivity contribution in [3.8, 4) is 23.9 Å². The largest absolute Gasteiger partial charge is 0.475 e. The maximum absolute atomic E-state index is 11.9. The lowest BCUT2D eigenvalue weighted by atomic mass is 9.80. The van der Waals surface area contributed by atoms with E-state index in [1.807, 2.05) is 12.3 Å². The van der Waals surface area contributed by atoms with Gasteiger partial charge >= 0.3 is 5.97 Å². The zero-order valence-corrected chi connectivity index (χ0v) is 21.9. The van der Waals surface area contributed by atoms with Gasteiger partial charge in [0.15, 0.2) is 17.3 Å². The predicted molar refractivity (Wildman–Crippen MR) is 144 cm³/mol. The van der Waals surface area contributed by atoms with Gasteiger partial charge in [0, 0.05) is 24.7 Å². The number of nitrogens with one attached hydrogen (secondary N) is 1. The smallest absolute Gasteiger partial charge is 0.374 e. The number of carboxylic acids is 1. The maximum Gasteiger partial charge on any atom is 0.374 e. The summed E-state index contributed by atoms with van der Waals surface area (Å²) in [5.41, 5.74) is 3.07. The average Bonchev–Trinajstić information content (AvgIpc) is 3.22. The minimum Gasteiger partial charge on any atom is -0.475 e. The Kier molecular flexibility index (Phi) is 7.14. The van der Waals surface area contributed by atoms with Gasteiger partial charge in [0.05, 0.1) is 0 Å². The van der Waals surface area contributed by atoms with Gasteiger partial charge in [-0.2, -0.15) is 0 Å². The summed E-state index contributed by atoms with van der Waals surface area (Å²) in [5, 5.41) is 13.3. The van der Waals surface area contributed by atoms with Crippen LogP contribution in [0.1, 0.15) is 87.8 Å². The number of hydrogen-bond acceptors (Lipinski definition) is 6. The predicted octanol–water partition coefficient (Wildman–Crippen LogP) is 5.75. The number of aromatic nitrogens is 5. The van der Waals surface area contributed by atoms with Crippen molar-refractivity contribution in [3.63, 3.8) is 0 Å². The van der Waals surface area contributed by atoms with Gasteiger partial charge in [-0.15, -0.1) is 12.3 Å². The normalized spacial score (nSPS) is 20.9. The first-order chi connectivity index (χ1) is 17.8. The van der Waals surface area contributed by atoms with E-state index < -0.39 is 5.97 Å². The van der Waals surface area contributed by atoms with Gasteiger partial charge in [-0.25, -0.2) is 19.7 Å². The summed E-state index contributed by atoms with van der Waals surface area (Å²) in [5.74, 6) is 4.44. The van der Waals surface area contributed by atoms with E-state index in [0.717, 1.165) is 43.4 Å². The van der Waals surface area contributed by atoms with Gasteiger partial charge in [0.25, 0.3) is 0 Å². The number of carboxylic acid groups (broad SMARTS) is 1. The molecule has 8 nitrogen and oxygen atoms in total. The summed E-state index contributed by atoms with van der Waals surface area (Å²) in [6.07, 6.45) is 15.2. The Labute approximate surface area is 218 Å². The highest BCUT2D eigenvalue weighted by molar-refractivity contribution is 5.92. The van der Waals surface area contributed by atoms with Crippen molar-refractivity contribution in [3.05, 3.63) is 29.7 Å². The summed E-state index contributed by atoms with van der Waals surface area (Å²) in [4.78, 5) is 30.3. The van der Waals surface area contributed by atoms with Crippen molar-refractivity contribution in [2.24, 2.45) is 17.8 Å². The van der Waals surface area contributed by atoms with Crippen LogP contribution in [0.15, 0.2) is 18.3 Å². The lowest BCUT2D eigenvalue weighted by Gasteiger charge is -2.32. The Hall–Kier alpha value is -3.47. The van der Waals surface area contributed by atoms with E-state index in [9.17, 15) is 9.90 Å². The molecule has 0 spiro atoms. The van der Waals surface area contributed by atoms with Crippen LogP contribution < -0.4 is 5.32 Å². The van der Waals surface area contributed by atoms with Gasteiger partial charge in [-0.3, -0.25) is 4.98 Å². The van der Waals surface area contributed by atoms with Crippen LogP contribution in [0, 0.1) is 30.1 Å². The standard InChI is InChI=1S/C29H36N6O2/c1-5-19-9-11-20(12-10-19)16-35-24-25(31-18(4)21-7-6-8-21)32-27(29(36)37)33-26(24)34-28(35)23-15-22(17(2)3)13-14-30-23/h1,13-15,17-21H,6-12,16H2,2-4H3,(H,36,37)(H,31,32,33). The van der Waals surface area contributed by atoms with E-state index in [-0.39, 0.29) is 11.9 Å². The Balaban J connectivity index is 1.64. The number of terminal acetylenes is 1. The van der Waals surface area contributed by atoms with Gasteiger partial charge in [-0.05, 0) is 80.9 Å². The number of hydrogen-bond donors (Lipinski definition) is 2. The van der Waals surface area contributed by atoms with Crippen LogP contribution in [0.25, 0.3) is 22.7 Å². The zero-order valence-electron chi connectivity index (χ0n) is 21.9. The molecular weight excluding hydrogens is 464 g/mol. The number of imidazole rings is 1. The fourth-order valence-electron chi connectivity index (χ4n) is 5.58. The molecule has 3 aromatic heterocycles. The van der Waals surface area contributed by atoms with E-state index >= 15 is 0 Å². The molecule has 0 bridgehead atoms. The molecule has 0 amide bonds. The molecule has 3 aromatic rings. The third kappa shape index (κ3) is 5.18. The highest BCUT2D eigenvalue weighted by Gasteiger charge is 2.29.